The molecule has 1 fully saturated rings. The molecule has 1 aliphatic heterocycles. The molecule has 2 heteroatoms. The molecular formula is C15H31NO. The maximum absolute atomic E-state index is 10.2. The van der Waals surface area contributed by atoms with E-state index in [2.05, 4.69) is 32.6 Å². The van der Waals surface area contributed by atoms with Crippen LogP contribution >= 0.6 is 0 Å². The van der Waals surface area contributed by atoms with Crippen LogP contribution in [0.1, 0.15) is 66.2 Å². The van der Waals surface area contributed by atoms with Gasteiger partial charge in [0.2, 0.25) is 0 Å². The lowest BCUT2D eigenvalue weighted by atomic mass is 9.85. The van der Waals surface area contributed by atoms with Gasteiger partial charge >= 0.3 is 0 Å². The van der Waals surface area contributed by atoms with Crippen LogP contribution < -0.4 is 0 Å². The molecule has 1 heterocycles. The normalized spacial score (nSPS) is 25.2. The van der Waals surface area contributed by atoms with Crippen molar-refractivity contribution in [2.75, 3.05) is 13.1 Å². The summed E-state index contributed by atoms with van der Waals surface area (Å²) < 4.78 is 0. The summed E-state index contributed by atoms with van der Waals surface area (Å²) in [6.45, 7) is 11.4. The molecule has 1 N–H and O–H groups in total. The van der Waals surface area contributed by atoms with E-state index in [-0.39, 0.29) is 6.10 Å². The zero-order valence-electron chi connectivity index (χ0n) is 12.2. The van der Waals surface area contributed by atoms with Gasteiger partial charge in [-0.2, -0.15) is 0 Å². The van der Waals surface area contributed by atoms with Crippen LogP contribution in [0.3, 0.4) is 0 Å². The molecule has 17 heavy (non-hydrogen) atoms. The Morgan fingerprint density at radius 2 is 1.88 bits per heavy atom. The fourth-order valence-electron chi connectivity index (χ4n) is 3.04. The summed E-state index contributed by atoms with van der Waals surface area (Å²) in [5.74, 6) is 0. The zero-order chi connectivity index (χ0) is 12.9. The highest BCUT2D eigenvalue weighted by atomic mass is 16.3. The number of aliphatic hydroxyl groups excluding tert-OH is 1. The summed E-state index contributed by atoms with van der Waals surface area (Å²) in [7, 11) is 0. The average Bonchev–Trinajstić information content (AvgIpc) is 2.42. The van der Waals surface area contributed by atoms with Crippen molar-refractivity contribution in [3.63, 3.8) is 0 Å². The Hall–Kier alpha value is -0.0800. The molecule has 2 atom stereocenters. The van der Waals surface area contributed by atoms with Crippen LogP contribution in [0.25, 0.3) is 0 Å². The van der Waals surface area contributed by atoms with Gasteiger partial charge in [0.05, 0.1) is 6.10 Å². The molecule has 0 bridgehead atoms. The molecule has 0 amide bonds. The maximum Gasteiger partial charge on any atom is 0.0695 e. The predicted molar refractivity (Wildman–Crippen MR) is 74.2 cm³/mol. The standard InChI is InChI=1S/C15H31NO/c1-5-8-14(17)13(6-2)16-11-7-9-15(3,4)10-12-16/h13-14,17H,5-12H2,1-4H3. The molecule has 1 aliphatic rings. The quantitative estimate of drug-likeness (QED) is 0.797. The highest BCUT2D eigenvalue weighted by molar-refractivity contribution is 4.83. The summed E-state index contributed by atoms with van der Waals surface area (Å²) in [4.78, 5) is 2.54. The van der Waals surface area contributed by atoms with Gasteiger partial charge in [-0.05, 0) is 50.6 Å². The molecule has 0 aliphatic carbocycles. The lowest BCUT2D eigenvalue weighted by Gasteiger charge is -2.34. The fourth-order valence-corrected chi connectivity index (χ4v) is 3.04. The maximum atomic E-state index is 10.2. The van der Waals surface area contributed by atoms with Crippen LogP contribution in [0.15, 0.2) is 0 Å². The minimum atomic E-state index is -0.133. The number of likely N-dealkylation sites (tertiary alicyclic amines) is 1. The number of hydrogen-bond donors (Lipinski definition) is 1. The van der Waals surface area contributed by atoms with E-state index in [0.717, 1.165) is 25.8 Å². The van der Waals surface area contributed by atoms with Gasteiger partial charge in [-0.25, -0.2) is 0 Å². The van der Waals surface area contributed by atoms with Gasteiger partial charge in [-0.15, -0.1) is 0 Å². The van der Waals surface area contributed by atoms with E-state index in [0.29, 0.717) is 11.5 Å². The van der Waals surface area contributed by atoms with E-state index < -0.39 is 0 Å². The van der Waals surface area contributed by atoms with E-state index in [1.807, 2.05) is 0 Å². The molecule has 0 aromatic carbocycles. The average molecular weight is 241 g/mol. The van der Waals surface area contributed by atoms with Gasteiger partial charge < -0.3 is 5.11 Å². The van der Waals surface area contributed by atoms with Crippen LogP contribution in [0.2, 0.25) is 0 Å². The Bertz CT molecular complexity index is 215. The number of nitrogens with zero attached hydrogens (tertiary/aromatic N) is 1. The van der Waals surface area contributed by atoms with Gasteiger partial charge in [0.1, 0.15) is 0 Å². The van der Waals surface area contributed by atoms with Crippen molar-refractivity contribution in [1.29, 1.82) is 0 Å². The Morgan fingerprint density at radius 1 is 1.18 bits per heavy atom. The van der Waals surface area contributed by atoms with Crippen molar-refractivity contribution in [3.8, 4) is 0 Å². The second-order valence-corrected chi connectivity index (χ2v) is 6.39. The Kier molecular flexibility index (Phi) is 5.94. The minimum absolute atomic E-state index is 0.133. The minimum Gasteiger partial charge on any atom is -0.391 e. The van der Waals surface area contributed by atoms with Crippen molar-refractivity contribution < 1.29 is 5.11 Å². The Balaban J connectivity index is 2.57. The van der Waals surface area contributed by atoms with Crippen LogP contribution in [-0.2, 0) is 0 Å². The Labute approximate surface area is 107 Å². The van der Waals surface area contributed by atoms with Gasteiger partial charge in [-0.3, -0.25) is 4.90 Å². The van der Waals surface area contributed by atoms with E-state index >= 15 is 0 Å². The number of hydrogen-bond acceptors (Lipinski definition) is 2. The molecule has 0 radical (unpaired) electrons. The first-order chi connectivity index (χ1) is 8.00. The van der Waals surface area contributed by atoms with Crippen LogP contribution in [0, 0.1) is 5.41 Å². The molecule has 1 saturated heterocycles. The first-order valence-electron chi connectivity index (χ1n) is 7.42. The van der Waals surface area contributed by atoms with Gasteiger partial charge in [0.25, 0.3) is 0 Å². The van der Waals surface area contributed by atoms with E-state index in [9.17, 15) is 5.11 Å². The monoisotopic (exact) mass is 241 g/mol. The third-order valence-corrected chi connectivity index (χ3v) is 4.29. The number of rotatable bonds is 5. The summed E-state index contributed by atoms with van der Waals surface area (Å²) in [5.41, 5.74) is 0.489. The molecule has 102 valence electrons. The lowest BCUT2D eigenvalue weighted by Crippen LogP contribution is -2.44. The highest BCUT2D eigenvalue weighted by Crippen LogP contribution is 2.31. The Morgan fingerprint density at radius 3 is 2.47 bits per heavy atom. The van der Waals surface area contributed by atoms with Crippen LogP contribution in [0.4, 0.5) is 0 Å². The van der Waals surface area contributed by atoms with Gasteiger partial charge in [0, 0.05) is 6.04 Å². The summed E-state index contributed by atoms with van der Waals surface area (Å²) in [6, 6.07) is 0.379. The summed E-state index contributed by atoms with van der Waals surface area (Å²) >= 11 is 0. The van der Waals surface area contributed by atoms with E-state index in [1.165, 1.54) is 25.8 Å². The highest BCUT2D eigenvalue weighted by Gasteiger charge is 2.29. The lowest BCUT2D eigenvalue weighted by molar-refractivity contribution is 0.0408. The largest absolute Gasteiger partial charge is 0.391 e. The van der Waals surface area contributed by atoms with Gasteiger partial charge in [0.15, 0.2) is 0 Å². The molecule has 0 aromatic heterocycles. The van der Waals surface area contributed by atoms with E-state index in [4.69, 9.17) is 0 Å². The second kappa shape index (κ2) is 6.75. The molecular weight excluding hydrogens is 210 g/mol. The topological polar surface area (TPSA) is 23.5 Å². The van der Waals surface area contributed by atoms with Crippen molar-refractivity contribution >= 4 is 0 Å². The SMILES string of the molecule is CCCC(O)C(CC)N1CCCC(C)(C)CC1. The van der Waals surface area contributed by atoms with E-state index in [1.54, 1.807) is 0 Å². The van der Waals surface area contributed by atoms with Crippen molar-refractivity contribution in [3.05, 3.63) is 0 Å². The second-order valence-electron chi connectivity index (χ2n) is 6.39. The van der Waals surface area contributed by atoms with Crippen LogP contribution in [0.5, 0.6) is 0 Å². The smallest absolute Gasteiger partial charge is 0.0695 e. The summed E-state index contributed by atoms with van der Waals surface area (Å²) in [6.07, 6.45) is 6.83. The molecule has 0 aromatic rings. The van der Waals surface area contributed by atoms with Crippen molar-refractivity contribution in [2.24, 2.45) is 5.41 Å². The van der Waals surface area contributed by atoms with Gasteiger partial charge in [-0.1, -0.05) is 34.1 Å². The molecule has 2 nitrogen and oxygen atoms in total. The van der Waals surface area contributed by atoms with Crippen molar-refractivity contribution in [2.45, 2.75) is 78.4 Å². The fraction of sp³-hybridized carbons (Fsp3) is 1.00. The molecule has 1 rings (SSSR count). The number of aliphatic hydroxyl groups is 1. The third kappa shape index (κ3) is 4.59. The molecule has 0 spiro atoms. The molecule has 0 saturated carbocycles. The first kappa shape index (κ1) is 15.0. The first-order valence-corrected chi connectivity index (χ1v) is 7.42. The molecule has 2 unspecified atom stereocenters. The van der Waals surface area contributed by atoms with Crippen LogP contribution in [-0.4, -0.2) is 35.2 Å². The zero-order valence-corrected chi connectivity index (χ0v) is 12.2. The third-order valence-electron chi connectivity index (χ3n) is 4.29. The predicted octanol–water partition coefficient (Wildman–Crippen LogP) is 3.44. The summed E-state index contributed by atoms with van der Waals surface area (Å²) in [5, 5.41) is 10.2. The van der Waals surface area contributed by atoms with Crippen molar-refractivity contribution in [1.82, 2.24) is 4.90 Å².